The largest absolute Gasteiger partial charge is 0.379 e. The van der Waals surface area contributed by atoms with E-state index in [2.05, 4.69) is 12.8 Å². The van der Waals surface area contributed by atoms with Crippen LogP contribution in [-0.4, -0.2) is 119 Å². The second kappa shape index (κ2) is 33.2. The molecule has 0 heterocycles. The Hall–Kier alpha value is -0.800. The van der Waals surface area contributed by atoms with Crippen LogP contribution in [0.5, 0.6) is 0 Å². The third-order valence-corrected chi connectivity index (χ3v) is 4.55. The first-order valence-corrected chi connectivity index (χ1v) is 13.0. The van der Waals surface area contributed by atoms with Gasteiger partial charge in [-0.25, -0.2) is 0 Å². The lowest BCUT2D eigenvalue weighted by molar-refractivity contribution is -0.0246. The first kappa shape index (κ1) is 34.2. The van der Waals surface area contributed by atoms with Gasteiger partial charge in [-0.3, -0.25) is 0 Å². The highest BCUT2D eigenvalue weighted by molar-refractivity contribution is 4.82. The Kier molecular flexibility index (Phi) is 32.4. The number of unbranched alkanes of at least 4 members (excludes halogenated alkanes) is 4. The molecular formula is C26H50O9. The quantitative estimate of drug-likeness (QED) is 0.104. The van der Waals surface area contributed by atoms with E-state index in [1.54, 1.807) is 0 Å². The Bertz CT molecular complexity index is 418. The number of hydrogen-bond donors (Lipinski definition) is 0. The Balaban J connectivity index is 3.00. The minimum absolute atomic E-state index is 0.315. The number of rotatable bonds is 31. The third kappa shape index (κ3) is 33.2. The molecule has 0 radical (unpaired) electrons. The Morgan fingerprint density at radius 2 is 0.657 bits per heavy atom. The molecule has 0 saturated carbocycles. The standard InChI is InChI=1S/C26H50O9/c1-3-5-6-7-8-10-28-12-14-30-16-18-32-20-22-34-24-26-35-25-23-33-21-19-31-17-15-29-13-11-27-9-4-2/h2H,3,5-26H2,1H3. The molecule has 0 spiro atoms. The number of terminal acetylenes is 1. The lowest BCUT2D eigenvalue weighted by atomic mass is 10.2. The molecule has 0 N–H and O–H groups in total. The van der Waals surface area contributed by atoms with Crippen LogP contribution in [0.2, 0.25) is 0 Å². The minimum atomic E-state index is 0.315. The van der Waals surface area contributed by atoms with Crippen molar-refractivity contribution in [3.63, 3.8) is 0 Å². The van der Waals surface area contributed by atoms with Crippen molar-refractivity contribution in [1.82, 2.24) is 0 Å². The summed E-state index contributed by atoms with van der Waals surface area (Å²) in [5.74, 6) is 2.40. The van der Waals surface area contributed by atoms with Gasteiger partial charge in [-0.05, 0) is 6.42 Å². The van der Waals surface area contributed by atoms with Crippen LogP contribution in [0.3, 0.4) is 0 Å². The van der Waals surface area contributed by atoms with Gasteiger partial charge in [0, 0.05) is 6.61 Å². The lowest BCUT2D eigenvalue weighted by Crippen LogP contribution is -2.15. The molecule has 0 aliphatic rings. The molecular weight excluding hydrogens is 456 g/mol. The van der Waals surface area contributed by atoms with Gasteiger partial charge >= 0.3 is 0 Å². The molecule has 0 bridgehead atoms. The summed E-state index contributed by atoms with van der Waals surface area (Å²) in [5, 5.41) is 0. The first-order valence-electron chi connectivity index (χ1n) is 13.0. The van der Waals surface area contributed by atoms with Gasteiger partial charge < -0.3 is 42.6 Å². The van der Waals surface area contributed by atoms with Gasteiger partial charge in [-0.1, -0.05) is 38.5 Å². The van der Waals surface area contributed by atoms with Crippen molar-refractivity contribution < 1.29 is 42.6 Å². The Labute approximate surface area is 213 Å². The zero-order chi connectivity index (χ0) is 25.3. The van der Waals surface area contributed by atoms with E-state index in [0.717, 1.165) is 13.0 Å². The zero-order valence-electron chi connectivity index (χ0n) is 22.0. The number of ether oxygens (including phenoxy) is 9. The summed E-state index contributed by atoms with van der Waals surface area (Å²) in [7, 11) is 0. The fourth-order valence-corrected chi connectivity index (χ4v) is 2.70. The van der Waals surface area contributed by atoms with Crippen LogP contribution in [0.4, 0.5) is 0 Å². The summed E-state index contributed by atoms with van der Waals surface area (Å²) < 4.78 is 48.6. The Morgan fingerprint density at radius 3 is 0.971 bits per heavy atom. The van der Waals surface area contributed by atoms with Crippen molar-refractivity contribution in [2.24, 2.45) is 0 Å². The summed E-state index contributed by atoms with van der Waals surface area (Å²) >= 11 is 0. The topological polar surface area (TPSA) is 83.1 Å². The van der Waals surface area contributed by atoms with E-state index in [1.165, 1.54) is 25.7 Å². The normalized spacial score (nSPS) is 11.2. The van der Waals surface area contributed by atoms with Crippen molar-refractivity contribution in [3.05, 3.63) is 0 Å². The van der Waals surface area contributed by atoms with Crippen LogP contribution in [0, 0.1) is 12.3 Å². The first-order chi connectivity index (χ1) is 17.4. The van der Waals surface area contributed by atoms with Crippen LogP contribution in [-0.2, 0) is 42.6 Å². The SMILES string of the molecule is C#CCOCCOCCOCCOCCOCCOCCOCCOCCOCCCCCCC. The van der Waals surface area contributed by atoms with Crippen molar-refractivity contribution in [2.75, 3.05) is 119 Å². The maximum Gasteiger partial charge on any atom is 0.107 e. The van der Waals surface area contributed by atoms with E-state index in [9.17, 15) is 0 Å². The molecule has 0 saturated heterocycles. The molecule has 0 aliphatic heterocycles. The fraction of sp³-hybridized carbons (Fsp3) is 0.923. The van der Waals surface area contributed by atoms with Crippen molar-refractivity contribution in [2.45, 2.75) is 39.0 Å². The summed E-state index contributed by atoms with van der Waals surface area (Å²) in [6.45, 7) is 12.1. The van der Waals surface area contributed by atoms with E-state index in [1.807, 2.05) is 0 Å². The molecule has 35 heavy (non-hydrogen) atoms. The zero-order valence-corrected chi connectivity index (χ0v) is 22.0. The van der Waals surface area contributed by atoms with Gasteiger partial charge in [0.1, 0.15) is 6.61 Å². The van der Waals surface area contributed by atoms with Gasteiger partial charge in [-0.2, -0.15) is 0 Å². The van der Waals surface area contributed by atoms with Crippen molar-refractivity contribution in [1.29, 1.82) is 0 Å². The number of hydrogen-bond acceptors (Lipinski definition) is 9. The summed E-state index contributed by atoms with van der Waals surface area (Å²) in [6.07, 6.45) is 11.4. The van der Waals surface area contributed by atoms with E-state index >= 15 is 0 Å². The summed E-state index contributed by atoms with van der Waals surface area (Å²) in [5.41, 5.74) is 0. The van der Waals surface area contributed by atoms with Gasteiger partial charge in [0.25, 0.3) is 0 Å². The van der Waals surface area contributed by atoms with Gasteiger partial charge in [0.05, 0.1) is 106 Å². The molecule has 0 aromatic carbocycles. The second-order valence-electron chi connectivity index (χ2n) is 7.57. The van der Waals surface area contributed by atoms with E-state index in [4.69, 9.17) is 49.1 Å². The van der Waals surface area contributed by atoms with Gasteiger partial charge in [0.15, 0.2) is 0 Å². The molecule has 0 rings (SSSR count). The van der Waals surface area contributed by atoms with Gasteiger partial charge in [0.2, 0.25) is 0 Å². The van der Waals surface area contributed by atoms with Crippen molar-refractivity contribution in [3.8, 4) is 12.3 Å². The van der Waals surface area contributed by atoms with E-state index in [-0.39, 0.29) is 0 Å². The third-order valence-electron chi connectivity index (χ3n) is 4.55. The van der Waals surface area contributed by atoms with Gasteiger partial charge in [-0.15, -0.1) is 6.42 Å². The molecule has 0 fully saturated rings. The maximum absolute atomic E-state index is 5.54. The summed E-state index contributed by atoms with van der Waals surface area (Å²) in [4.78, 5) is 0. The molecule has 0 atom stereocenters. The monoisotopic (exact) mass is 506 g/mol. The highest BCUT2D eigenvalue weighted by atomic mass is 16.6. The average molecular weight is 507 g/mol. The molecule has 208 valence electrons. The Morgan fingerprint density at radius 1 is 0.371 bits per heavy atom. The average Bonchev–Trinajstić information content (AvgIpc) is 2.87. The molecule has 0 unspecified atom stereocenters. The van der Waals surface area contributed by atoms with Crippen LogP contribution in [0.25, 0.3) is 0 Å². The second-order valence-corrected chi connectivity index (χ2v) is 7.57. The van der Waals surface area contributed by atoms with Crippen LogP contribution < -0.4 is 0 Å². The highest BCUT2D eigenvalue weighted by Gasteiger charge is 1.95. The van der Waals surface area contributed by atoms with Crippen LogP contribution in [0.15, 0.2) is 0 Å². The van der Waals surface area contributed by atoms with E-state index < -0.39 is 0 Å². The predicted molar refractivity (Wildman–Crippen MR) is 135 cm³/mol. The molecule has 0 aromatic heterocycles. The highest BCUT2D eigenvalue weighted by Crippen LogP contribution is 2.02. The lowest BCUT2D eigenvalue weighted by Gasteiger charge is -2.08. The van der Waals surface area contributed by atoms with Crippen LogP contribution >= 0.6 is 0 Å². The van der Waals surface area contributed by atoms with E-state index in [0.29, 0.717) is 112 Å². The minimum Gasteiger partial charge on any atom is -0.379 e. The maximum atomic E-state index is 5.54. The van der Waals surface area contributed by atoms with Crippen molar-refractivity contribution >= 4 is 0 Å². The molecule has 9 heteroatoms. The molecule has 9 nitrogen and oxygen atoms in total. The summed E-state index contributed by atoms with van der Waals surface area (Å²) in [6, 6.07) is 0. The smallest absolute Gasteiger partial charge is 0.107 e. The molecule has 0 aromatic rings. The molecule has 0 amide bonds. The molecule has 0 aliphatic carbocycles. The van der Waals surface area contributed by atoms with Crippen LogP contribution in [0.1, 0.15) is 39.0 Å². The fourth-order valence-electron chi connectivity index (χ4n) is 2.70. The predicted octanol–water partition coefficient (Wildman–Crippen LogP) is 2.74.